The van der Waals surface area contributed by atoms with E-state index >= 15 is 0 Å². The molecule has 6 aromatic rings. The second-order valence-electron chi connectivity index (χ2n) is 16.5. The van der Waals surface area contributed by atoms with E-state index in [1.165, 1.54) is 10.6 Å². The third-order valence-electron chi connectivity index (χ3n) is 11.8. The summed E-state index contributed by atoms with van der Waals surface area (Å²) in [5.41, 5.74) is 3.18. The van der Waals surface area contributed by atoms with E-state index in [4.69, 9.17) is 18.9 Å². The van der Waals surface area contributed by atoms with Gasteiger partial charge in [0.15, 0.2) is 11.6 Å². The molecule has 1 atom stereocenters. The zero-order chi connectivity index (χ0) is 49.3. The van der Waals surface area contributed by atoms with Gasteiger partial charge in [0.2, 0.25) is 11.8 Å². The second-order valence-corrected chi connectivity index (χ2v) is 16.5. The van der Waals surface area contributed by atoms with Gasteiger partial charge in [0.1, 0.15) is 23.1 Å². The Balaban J connectivity index is 0.710. The van der Waals surface area contributed by atoms with Gasteiger partial charge in [-0.2, -0.15) is 0 Å². The lowest BCUT2D eigenvalue weighted by molar-refractivity contribution is -0.151. The molecule has 5 amide bonds. The molecule has 3 aromatic carbocycles. The molecule has 0 spiro atoms. The first-order valence-electron chi connectivity index (χ1n) is 22.9. The number of hydrogen-bond acceptors (Lipinski definition) is 13. The van der Waals surface area contributed by atoms with Crippen LogP contribution in [0.5, 0.6) is 11.5 Å². The first-order chi connectivity index (χ1) is 33.9. The summed E-state index contributed by atoms with van der Waals surface area (Å²) in [6.07, 6.45) is 6.42. The molecule has 3 N–H and O–H groups in total. The number of anilines is 2. The number of fused-ring (bicyclic) bond motifs is 2. The van der Waals surface area contributed by atoms with Crippen molar-refractivity contribution in [3.63, 3.8) is 0 Å². The van der Waals surface area contributed by atoms with E-state index in [1.54, 1.807) is 79.7 Å². The predicted molar refractivity (Wildman–Crippen MR) is 250 cm³/mol. The van der Waals surface area contributed by atoms with Crippen molar-refractivity contribution in [3.05, 3.63) is 118 Å². The van der Waals surface area contributed by atoms with Crippen molar-refractivity contribution in [2.45, 2.75) is 51.6 Å². The highest BCUT2D eigenvalue weighted by molar-refractivity contribution is 6.25. The molecule has 1 fully saturated rings. The smallest absolute Gasteiger partial charge is 0.274 e. The van der Waals surface area contributed by atoms with Gasteiger partial charge < -0.3 is 39.1 Å². The van der Waals surface area contributed by atoms with Crippen molar-refractivity contribution in [1.82, 2.24) is 34.3 Å². The topological polar surface area (TPSA) is 221 Å². The molecule has 8 rings (SSSR count). The molecule has 2 aliphatic rings. The number of rotatable bonds is 23. The number of aryl methyl sites for hydroxylation is 2. The van der Waals surface area contributed by atoms with Crippen LogP contribution in [0.25, 0.3) is 22.0 Å². The first-order valence-corrected chi connectivity index (χ1v) is 22.9. The molecule has 366 valence electrons. The average molecular weight is 964 g/mol. The monoisotopic (exact) mass is 963 g/mol. The maximum absolute atomic E-state index is 14.6. The summed E-state index contributed by atoms with van der Waals surface area (Å²) in [7, 11) is 1.60. The molecule has 0 saturated carbocycles. The van der Waals surface area contributed by atoms with Crippen LogP contribution in [0.1, 0.15) is 59.0 Å². The number of carbonyl (C=O) groups excluding carboxylic acids is 5. The zero-order valence-electron chi connectivity index (χ0n) is 38.5. The summed E-state index contributed by atoms with van der Waals surface area (Å²) in [5, 5.41) is 15.0. The Bertz CT molecular complexity index is 2990. The van der Waals surface area contributed by atoms with Crippen LogP contribution in [-0.2, 0) is 48.6 Å². The Hall–Kier alpha value is -7.62. The number of amides is 5. The molecule has 2 aliphatic heterocycles. The number of H-pyrrole nitrogens is 1. The number of aromatic nitrogens is 5. The number of nitrogens with one attached hydrogen (secondary N) is 3. The number of benzene rings is 3. The van der Waals surface area contributed by atoms with Gasteiger partial charge in [-0.3, -0.25) is 38.6 Å². The van der Waals surface area contributed by atoms with Crippen molar-refractivity contribution in [3.8, 4) is 22.6 Å². The Morgan fingerprint density at radius 3 is 2.41 bits per heavy atom. The summed E-state index contributed by atoms with van der Waals surface area (Å²) >= 11 is 0. The zero-order valence-corrected chi connectivity index (χ0v) is 38.5. The number of likely N-dealkylation sites (tertiary alicyclic amines) is 1. The minimum absolute atomic E-state index is 0.0792. The number of piperidine rings is 1. The number of likely N-dealkylation sites (N-methyl/N-ethyl adjacent to an activating group) is 1. The molecule has 19 nitrogen and oxygen atoms in total. The van der Waals surface area contributed by atoms with Crippen LogP contribution in [0.2, 0.25) is 0 Å². The van der Waals surface area contributed by atoms with Crippen molar-refractivity contribution in [2.24, 2.45) is 7.05 Å². The van der Waals surface area contributed by atoms with Crippen LogP contribution in [-0.4, -0.2) is 123 Å². The minimum Gasteiger partial charge on any atom is -0.454 e. The van der Waals surface area contributed by atoms with Crippen LogP contribution in [0.15, 0.2) is 84.0 Å². The molecule has 3 aromatic heterocycles. The predicted octanol–water partition coefficient (Wildman–Crippen LogP) is 5.45. The summed E-state index contributed by atoms with van der Waals surface area (Å²) in [6, 6.07) is 13.5. The summed E-state index contributed by atoms with van der Waals surface area (Å²) in [5.74, 6) is -3.83. The van der Waals surface area contributed by atoms with Crippen LogP contribution in [0.4, 0.5) is 20.2 Å². The molecule has 0 aliphatic carbocycles. The van der Waals surface area contributed by atoms with Gasteiger partial charge in [-0.1, -0.05) is 11.3 Å². The van der Waals surface area contributed by atoms with Crippen LogP contribution < -0.4 is 20.9 Å². The highest BCUT2D eigenvalue weighted by Gasteiger charge is 2.47. The number of aromatic amines is 1. The summed E-state index contributed by atoms with van der Waals surface area (Å²) < 4.78 is 54.2. The lowest BCUT2D eigenvalue weighted by Crippen LogP contribution is -2.55. The molecular weight excluding hydrogens is 913 g/mol. The normalized spacial score (nSPS) is 14.8. The van der Waals surface area contributed by atoms with E-state index in [-0.39, 0.29) is 65.8 Å². The third-order valence-corrected chi connectivity index (χ3v) is 11.8. The second kappa shape index (κ2) is 22.2. The number of carbonyl (C=O) groups is 5. The Morgan fingerprint density at radius 1 is 0.857 bits per heavy atom. The van der Waals surface area contributed by atoms with Gasteiger partial charge in [0, 0.05) is 85.5 Å². The Morgan fingerprint density at radius 2 is 1.63 bits per heavy atom. The van der Waals surface area contributed by atoms with E-state index in [0.717, 1.165) is 21.9 Å². The summed E-state index contributed by atoms with van der Waals surface area (Å²) in [6.45, 7) is 4.69. The maximum atomic E-state index is 14.6. The quantitative estimate of drug-likeness (QED) is 0.0538. The molecule has 1 unspecified atom stereocenters. The van der Waals surface area contributed by atoms with Gasteiger partial charge in [-0.15, -0.1) is 5.10 Å². The third kappa shape index (κ3) is 11.0. The molecular formula is C49H51F2N9O10. The molecule has 70 heavy (non-hydrogen) atoms. The number of nitrogens with zero attached hydrogens (tertiary/aromatic N) is 6. The van der Waals surface area contributed by atoms with Crippen LogP contribution in [0, 0.1) is 11.6 Å². The van der Waals surface area contributed by atoms with Crippen LogP contribution >= 0.6 is 0 Å². The van der Waals surface area contributed by atoms with Gasteiger partial charge in [0.25, 0.3) is 23.3 Å². The lowest BCUT2D eigenvalue weighted by Gasteiger charge is -2.33. The van der Waals surface area contributed by atoms with Crippen molar-refractivity contribution in [1.29, 1.82) is 0 Å². The van der Waals surface area contributed by atoms with E-state index in [9.17, 15) is 37.5 Å². The highest BCUT2D eigenvalue weighted by Crippen LogP contribution is 2.39. The van der Waals surface area contributed by atoms with E-state index < -0.39 is 35.4 Å². The fraction of sp³-hybridized carbons (Fsp3) is 0.347. The van der Waals surface area contributed by atoms with Crippen molar-refractivity contribution >= 4 is 51.8 Å². The maximum Gasteiger partial charge on any atom is 0.274 e. The van der Waals surface area contributed by atoms with Gasteiger partial charge in [0.05, 0.1) is 63.0 Å². The molecule has 5 heterocycles. The summed E-state index contributed by atoms with van der Waals surface area (Å²) in [4.78, 5) is 82.7. The van der Waals surface area contributed by atoms with E-state index in [1.807, 2.05) is 0 Å². The lowest BCUT2D eigenvalue weighted by atomic mass is 10.0. The van der Waals surface area contributed by atoms with Crippen LogP contribution in [0.3, 0.4) is 0 Å². The Kier molecular flexibility index (Phi) is 15.5. The van der Waals surface area contributed by atoms with E-state index in [2.05, 4.69) is 25.9 Å². The van der Waals surface area contributed by atoms with Gasteiger partial charge in [-0.05, 0) is 74.7 Å². The fourth-order valence-corrected chi connectivity index (χ4v) is 8.37. The minimum atomic E-state index is -1.02. The number of hydrogen-bond donors (Lipinski definition) is 3. The molecule has 21 heteroatoms. The molecule has 0 bridgehead atoms. The highest BCUT2D eigenvalue weighted by atomic mass is 19.1. The van der Waals surface area contributed by atoms with Crippen molar-refractivity contribution in [2.75, 3.05) is 63.4 Å². The number of imide groups is 2. The van der Waals surface area contributed by atoms with Gasteiger partial charge in [-0.25, -0.2) is 13.5 Å². The SMILES string of the molecule is CCN1C(=O)CCC(N2C(=O)c3cccc(NCCOCCOCCOCCn4cc(CCCC(=O)Nc5ccc(Oc6ccc(F)cc6F)c(-c6cn(C)c(=O)c7[nH]ccc67)c5)nn4)c3C2=O)C1=O. The standard InChI is InChI=1S/C49H51F2N9O10/c1-3-59-43(62)15-12-39(47(59)64)60-46(63)34-7-5-8-38(44(34)48(60)65)52-18-20-67-22-24-69-25-23-68-21-19-58-28-32(55-56-58)6-4-9-42(61)54-31-11-14-40(70-41-13-10-30(50)26-37(41)51)35(27-31)36-29-57(2)49(66)45-33(36)16-17-53-45/h5,7-8,10-11,13-14,16-17,26-29,39,52-53H,3-4,6,9,12,15,18-25H2,1-2H3,(H,54,61). The number of pyridine rings is 1. The van der Waals surface area contributed by atoms with E-state index in [0.29, 0.717) is 105 Å². The van der Waals surface area contributed by atoms with Crippen molar-refractivity contribution < 1.29 is 51.7 Å². The Labute approximate surface area is 399 Å². The number of ether oxygens (including phenoxy) is 4. The molecule has 1 saturated heterocycles. The average Bonchev–Trinajstić information content (AvgIpc) is 4.08. The first kappa shape index (κ1) is 48.8. The fourth-order valence-electron chi connectivity index (χ4n) is 8.37. The largest absolute Gasteiger partial charge is 0.454 e. The van der Waals surface area contributed by atoms with Gasteiger partial charge >= 0.3 is 0 Å². The molecule has 0 radical (unpaired) electrons. The number of halogens is 2.